The third kappa shape index (κ3) is 5.33. The van der Waals surface area contributed by atoms with Gasteiger partial charge in [0.2, 0.25) is 0 Å². The molecule has 0 saturated carbocycles. The van der Waals surface area contributed by atoms with Crippen molar-refractivity contribution in [3.05, 3.63) is 48.3 Å². The largest absolute Gasteiger partial charge is 0.315 e. The SMILES string of the molecule is CC(C)CNCCN(C)Cc1cccc(-n2cccn2)c1. The van der Waals surface area contributed by atoms with Gasteiger partial charge in [-0.1, -0.05) is 26.0 Å². The zero-order valence-corrected chi connectivity index (χ0v) is 13.3. The number of likely N-dealkylation sites (N-methyl/N-ethyl adjacent to an activating group) is 1. The molecule has 1 aromatic carbocycles. The highest BCUT2D eigenvalue weighted by molar-refractivity contribution is 5.34. The highest BCUT2D eigenvalue weighted by atomic mass is 15.3. The van der Waals surface area contributed by atoms with Gasteiger partial charge in [0.25, 0.3) is 0 Å². The average Bonchev–Trinajstić information content (AvgIpc) is 2.98. The molecule has 0 aliphatic carbocycles. The van der Waals surface area contributed by atoms with E-state index in [9.17, 15) is 0 Å². The summed E-state index contributed by atoms with van der Waals surface area (Å²) in [5.41, 5.74) is 2.43. The van der Waals surface area contributed by atoms with Crippen LogP contribution in [0.25, 0.3) is 5.69 Å². The fourth-order valence-corrected chi connectivity index (χ4v) is 2.27. The number of rotatable bonds is 8. The quantitative estimate of drug-likeness (QED) is 0.757. The second-order valence-corrected chi connectivity index (χ2v) is 5.96. The third-order valence-corrected chi connectivity index (χ3v) is 3.35. The van der Waals surface area contributed by atoms with Gasteiger partial charge in [0.15, 0.2) is 0 Å². The second-order valence-electron chi connectivity index (χ2n) is 5.96. The molecule has 0 amide bonds. The standard InChI is InChI=1S/C17H26N4/c1-15(2)13-18-9-11-20(3)14-16-6-4-7-17(12-16)21-10-5-8-19-21/h4-8,10,12,15,18H,9,11,13-14H2,1-3H3. The van der Waals surface area contributed by atoms with Crippen LogP contribution in [0.2, 0.25) is 0 Å². The Hall–Kier alpha value is -1.65. The monoisotopic (exact) mass is 286 g/mol. The Bertz CT molecular complexity index is 519. The van der Waals surface area contributed by atoms with Gasteiger partial charge in [0, 0.05) is 32.0 Å². The highest BCUT2D eigenvalue weighted by Gasteiger charge is 2.03. The minimum absolute atomic E-state index is 0.709. The Morgan fingerprint density at radius 2 is 2.14 bits per heavy atom. The smallest absolute Gasteiger partial charge is 0.0648 e. The Labute approximate surface area is 127 Å². The lowest BCUT2D eigenvalue weighted by Gasteiger charge is -2.18. The number of hydrogen-bond donors (Lipinski definition) is 1. The van der Waals surface area contributed by atoms with Gasteiger partial charge in [-0.2, -0.15) is 5.10 Å². The summed E-state index contributed by atoms with van der Waals surface area (Å²) in [6.07, 6.45) is 3.78. The lowest BCUT2D eigenvalue weighted by atomic mass is 10.2. The maximum Gasteiger partial charge on any atom is 0.0648 e. The zero-order valence-electron chi connectivity index (χ0n) is 13.3. The molecule has 0 atom stereocenters. The summed E-state index contributed by atoms with van der Waals surface area (Å²) < 4.78 is 1.90. The number of nitrogens with zero attached hydrogens (tertiary/aromatic N) is 3. The Balaban J connectivity index is 1.84. The summed E-state index contributed by atoms with van der Waals surface area (Å²) >= 11 is 0. The van der Waals surface area contributed by atoms with E-state index in [0.717, 1.165) is 31.9 Å². The average molecular weight is 286 g/mol. The summed E-state index contributed by atoms with van der Waals surface area (Å²) in [7, 11) is 2.16. The van der Waals surface area contributed by atoms with Crippen LogP contribution >= 0.6 is 0 Å². The Morgan fingerprint density at radius 1 is 1.29 bits per heavy atom. The van der Waals surface area contributed by atoms with Gasteiger partial charge in [-0.25, -0.2) is 4.68 Å². The van der Waals surface area contributed by atoms with E-state index < -0.39 is 0 Å². The molecular weight excluding hydrogens is 260 g/mol. The van der Waals surface area contributed by atoms with Gasteiger partial charge in [-0.15, -0.1) is 0 Å². The first-order valence-electron chi connectivity index (χ1n) is 7.63. The second kappa shape index (κ2) is 7.96. The molecule has 1 N–H and O–H groups in total. The van der Waals surface area contributed by atoms with Crippen LogP contribution in [0, 0.1) is 5.92 Å². The first-order valence-corrected chi connectivity index (χ1v) is 7.63. The maximum absolute atomic E-state index is 4.28. The van der Waals surface area contributed by atoms with E-state index in [0.29, 0.717) is 5.92 Å². The van der Waals surface area contributed by atoms with Crippen LogP contribution in [0.3, 0.4) is 0 Å². The van der Waals surface area contributed by atoms with E-state index >= 15 is 0 Å². The van der Waals surface area contributed by atoms with E-state index in [4.69, 9.17) is 0 Å². The number of benzene rings is 1. The van der Waals surface area contributed by atoms with Gasteiger partial charge in [-0.3, -0.25) is 0 Å². The van der Waals surface area contributed by atoms with Crippen molar-refractivity contribution in [1.82, 2.24) is 20.0 Å². The summed E-state index contributed by atoms with van der Waals surface area (Å²) in [5.74, 6) is 0.709. The van der Waals surface area contributed by atoms with Crippen molar-refractivity contribution in [2.75, 3.05) is 26.7 Å². The number of nitrogens with one attached hydrogen (secondary N) is 1. The topological polar surface area (TPSA) is 33.1 Å². The maximum atomic E-state index is 4.28. The molecule has 2 rings (SSSR count). The normalized spacial score (nSPS) is 11.5. The Kier molecular flexibility index (Phi) is 5.96. The minimum Gasteiger partial charge on any atom is -0.315 e. The van der Waals surface area contributed by atoms with E-state index in [1.54, 1.807) is 6.20 Å². The van der Waals surface area contributed by atoms with Crippen LogP contribution in [0.15, 0.2) is 42.7 Å². The summed E-state index contributed by atoms with van der Waals surface area (Å²) in [4.78, 5) is 2.34. The summed E-state index contributed by atoms with van der Waals surface area (Å²) in [6.45, 7) is 8.60. The van der Waals surface area contributed by atoms with Crippen molar-refractivity contribution in [1.29, 1.82) is 0 Å². The first kappa shape index (κ1) is 15.7. The molecule has 21 heavy (non-hydrogen) atoms. The van der Waals surface area contributed by atoms with Crippen LogP contribution in [0.4, 0.5) is 0 Å². The van der Waals surface area contributed by atoms with E-state index in [1.165, 1.54) is 5.56 Å². The van der Waals surface area contributed by atoms with E-state index in [2.05, 4.69) is 60.5 Å². The van der Waals surface area contributed by atoms with E-state index in [1.807, 2.05) is 16.9 Å². The van der Waals surface area contributed by atoms with Crippen molar-refractivity contribution in [2.24, 2.45) is 5.92 Å². The molecule has 2 aromatic rings. The molecular formula is C17H26N4. The van der Waals surface area contributed by atoms with Gasteiger partial charge in [0.1, 0.15) is 0 Å². The molecule has 0 aliphatic heterocycles. The van der Waals surface area contributed by atoms with Crippen LogP contribution in [0.1, 0.15) is 19.4 Å². The lowest BCUT2D eigenvalue weighted by molar-refractivity contribution is 0.321. The number of aromatic nitrogens is 2. The predicted molar refractivity (Wildman–Crippen MR) is 87.6 cm³/mol. The van der Waals surface area contributed by atoms with Crippen molar-refractivity contribution in [3.8, 4) is 5.69 Å². The molecule has 0 saturated heterocycles. The first-order chi connectivity index (χ1) is 10.1. The molecule has 0 unspecified atom stereocenters. The fraction of sp³-hybridized carbons (Fsp3) is 0.471. The van der Waals surface area contributed by atoms with Crippen molar-refractivity contribution in [2.45, 2.75) is 20.4 Å². The predicted octanol–water partition coefficient (Wildman–Crippen LogP) is 2.55. The summed E-state index contributed by atoms with van der Waals surface area (Å²) in [6, 6.07) is 10.5. The van der Waals surface area contributed by atoms with Crippen LogP contribution in [-0.4, -0.2) is 41.4 Å². The minimum atomic E-state index is 0.709. The molecule has 0 bridgehead atoms. The lowest BCUT2D eigenvalue weighted by Crippen LogP contribution is -2.30. The van der Waals surface area contributed by atoms with Gasteiger partial charge in [0.05, 0.1) is 5.69 Å². The molecule has 114 valence electrons. The molecule has 1 aromatic heterocycles. The third-order valence-electron chi connectivity index (χ3n) is 3.35. The van der Waals surface area contributed by atoms with Gasteiger partial charge in [-0.05, 0) is 43.3 Å². The molecule has 4 nitrogen and oxygen atoms in total. The van der Waals surface area contributed by atoms with E-state index in [-0.39, 0.29) is 0 Å². The molecule has 0 spiro atoms. The van der Waals surface area contributed by atoms with Gasteiger partial charge < -0.3 is 10.2 Å². The molecule has 0 radical (unpaired) electrons. The number of hydrogen-bond acceptors (Lipinski definition) is 3. The van der Waals surface area contributed by atoms with Crippen LogP contribution in [0.5, 0.6) is 0 Å². The molecule has 0 aliphatic rings. The van der Waals surface area contributed by atoms with Crippen molar-refractivity contribution < 1.29 is 0 Å². The van der Waals surface area contributed by atoms with Crippen LogP contribution in [-0.2, 0) is 6.54 Å². The van der Waals surface area contributed by atoms with Crippen LogP contribution < -0.4 is 5.32 Å². The van der Waals surface area contributed by atoms with Crippen molar-refractivity contribution >= 4 is 0 Å². The van der Waals surface area contributed by atoms with Gasteiger partial charge >= 0.3 is 0 Å². The zero-order chi connectivity index (χ0) is 15.1. The molecule has 1 heterocycles. The fourth-order valence-electron chi connectivity index (χ4n) is 2.27. The Morgan fingerprint density at radius 3 is 2.86 bits per heavy atom. The molecule has 0 fully saturated rings. The highest BCUT2D eigenvalue weighted by Crippen LogP contribution is 2.11. The summed E-state index contributed by atoms with van der Waals surface area (Å²) in [5, 5.41) is 7.76. The molecule has 4 heteroatoms. The van der Waals surface area contributed by atoms with Crippen molar-refractivity contribution in [3.63, 3.8) is 0 Å².